The summed E-state index contributed by atoms with van der Waals surface area (Å²) in [5.74, 6) is -2.82. The highest BCUT2D eigenvalue weighted by atomic mass is 19.1. The Bertz CT molecular complexity index is 1160. The molecule has 8 nitrogen and oxygen atoms in total. The summed E-state index contributed by atoms with van der Waals surface area (Å²) >= 11 is 0. The van der Waals surface area contributed by atoms with Crippen molar-refractivity contribution in [3.63, 3.8) is 0 Å². The highest BCUT2D eigenvalue weighted by molar-refractivity contribution is 5.97. The van der Waals surface area contributed by atoms with E-state index < -0.39 is 23.8 Å². The molecule has 2 aromatic carbocycles. The number of nitrogens with one attached hydrogen (secondary N) is 1. The van der Waals surface area contributed by atoms with Crippen LogP contribution >= 0.6 is 0 Å². The molecule has 0 bridgehead atoms. The lowest BCUT2D eigenvalue weighted by atomic mass is 10.0. The summed E-state index contributed by atoms with van der Waals surface area (Å²) in [4.78, 5) is 39.1. The Hall–Kier alpha value is -4.27. The summed E-state index contributed by atoms with van der Waals surface area (Å²) in [5, 5.41) is 11.7. The molecule has 0 radical (unpaired) electrons. The number of amides is 2. The van der Waals surface area contributed by atoms with Gasteiger partial charge in [0.1, 0.15) is 11.9 Å². The van der Waals surface area contributed by atoms with Crippen LogP contribution in [-0.4, -0.2) is 38.5 Å². The molecule has 0 aliphatic carbocycles. The first-order valence-electron chi connectivity index (χ1n) is 10.2. The third kappa shape index (κ3) is 6.86. The second-order valence-corrected chi connectivity index (χ2v) is 7.41. The number of nitrogens with zero attached hydrogens (tertiary/aromatic N) is 2. The largest absolute Gasteiger partial charge is 0.480 e. The number of hydrogen-bond acceptors (Lipinski definition) is 4. The molecular weight excluding hydrogens is 427 g/mol. The molecule has 1 aromatic heterocycles. The minimum atomic E-state index is -1.25. The van der Waals surface area contributed by atoms with E-state index in [9.17, 15) is 23.9 Å². The molecular formula is C24H23FN4O4. The number of rotatable bonds is 10. The maximum absolute atomic E-state index is 13.4. The zero-order chi connectivity index (χ0) is 23.8. The normalized spacial score (nSPS) is 12.2. The van der Waals surface area contributed by atoms with Crippen LogP contribution < -0.4 is 11.1 Å². The standard InChI is InChI=1S/C24H23FN4O4/c25-20-6-4-17(5-7-20)19(14-29-11-10-27-15-29)13-16-2-1-3-18(12-16)23(31)28-21(24(32)33)8-9-22(26)30/h1-7,10-13,15,21H,8-9,14H2,(H2,26,30)(H,28,31)(H,32,33)/t21-/m0/s1. The minimum absolute atomic E-state index is 0.102. The van der Waals surface area contributed by atoms with E-state index in [1.807, 2.05) is 10.6 Å². The molecule has 33 heavy (non-hydrogen) atoms. The van der Waals surface area contributed by atoms with Crippen LogP contribution in [0.1, 0.15) is 34.3 Å². The Morgan fingerprint density at radius 3 is 2.55 bits per heavy atom. The van der Waals surface area contributed by atoms with Gasteiger partial charge in [-0.1, -0.05) is 24.3 Å². The summed E-state index contributed by atoms with van der Waals surface area (Å²) < 4.78 is 15.3. The molecule has 0 saturated heterocycles. The van der Waals surface area contributed by atoms with Gasteiger partial charge in [0.25, 0.3) is 5.91 Å². The van der Waals surface area contributed by atoms with Crippen LogP contribution in [0.25, 0.3) is 11.6 Å². The maximum Gasteiger partial charge on any atom is 0.326 e. The van der Waals surface area contributed by atoms with Crippen molar-refractivity contribution < 1.29 is 23.9 Å². The Morgan fingerprint density at radius 1 is 1.15 bits per heavy atom. The maximum atomic E-state index is 13.4. The minimum Gasteiger partial charge on any atom is -0.480 e. The first-order valence-corrected chi connectivity index (χ1v) is 10.2. The van der Waals surface area contributed by atoms with Crippen molar-refractivity contribution in [1.82, 2.24) is 14.9 Å². The number of carbonyl (C=O) groups excluding carboxylic acids is 2. The molecule has 1 heterocycles. The van der Waals surface area contributed by atoms with E-state index in [0.29, 0.717) is 12.1 Å². The van der Waals surface area contributed by atoms with E-state index in [0.717, 1.165) is 11.1 Å². The predicted octanol–water partition coefficient (Wildman–Crippen LogP) is 2.71. The van der Waals surface area contributed by atoms with Gasteiger partial charge in [-0.05, 0) is 53.5 Å². The summed E-state index contributed by atoms with van der Waals surface area (Å²) in [7, 11) is 0. The predicted molar refractivity (Wildman–Crippen MR) is 120 cm³/mol. The Morgan fingerprint density at radius 2 is 1.91 bits per heavy atom. The van der Waals surface area contributed by atoms with Gasteiger partial charge in [-0.3, -0.25) is 9.59 Å². The average Bonchev–Trinajstić information content (AvgIpc) is 3.29. The quantitative estimate of drug-likeness (QED) is 0.409. The van der Waals surface area contributed by atoms with Gasteiger partial charge in [0.2, 0.25) is 5.91 Å². The first-order chi connectivity index (χ1) is 15.8. The van der Waals surface area contributed by atoms with Crippen molar-refractivity contribution in [3.05, 3.63) is 89.8 Å². The highest BCUT2D eigenvalue weighted by Gasteiger charge is 2.21. The zero-order valence-corrected chi connectivity index (χ0v) is 17.6. The number of nitrogens with two attached hydrogens (primary N) is 1. The lowest BCUT2D eigenvalue weighted by molar-refractivity contribution is -0.139. The van der Waals surface area contributed by atoms with E-state index in [4.69, 9.17) is 5.73 Å². The van der Waals surface area contributed by atoms with Crippen molar-refractivity contribution in [1.29, 1.82) is 0 Å². The van der Waals surface area contributed by atoms with E-state index in [1.54, 1.807) is 55.1 Å². The van der Waals surface area contributed by atoms with E-state index in [1.165, 1.54) is 12.1 Å². The van der Waals surface area contributed by atoms with Crippen molar-refractivity contribution >= 4 is 29.4 Å². The van der Waals surface area contributed by atoms with Gasteiger partial charge in [0.05, 0.1) is 6.33 Å². The molecule has 0 fully saturated rings. The van der Waals surface area contributed by atoms with Crippen LogP contribution in [0.2, 0.25) is 0 Å². The van der Waals surface area contributed by atoms with Crippen molar-refractivity contribution in [2.75, 3.05) is 0 Å². The van der Waals surface area contributed by atoms with Gasteiger partial charge in [0, 0.05) is 30.9 Å². The number of carbonyl (C=O) groups is 3. The number of aliphatic carboxylic acids is 1. The van der Waals surface area contributed by atoms with Crippen molar-refractivity contribution in [3.8, 4) is 0 Å². The molecule has 0 saturated carbocycles. The monoisotopic (exact) mass is 450 g/mol. The van der Waals surface area contributed by atoms with Crippen LogP contribution in [0.5, 0.6) is 0 Å². The molecule has 0 spiro atoms. The third-order valence-electron chi connectivity index (χ3n) is 4.90. The number of hydrogen-bond donors (Lipinski definition) is 3. The lowest BCUT2D eigenvalue weighted by Gasteiger charge is -2.14. The third-order valence-corrected chi connectivity index (χ3v) is 4.90. The van der Waals surface area contributed by atoms with Gasteiger partial charge in [-0.25, -0.2) is 14.2 Å². The molecule has 9 heteroatoms. The van der Waals surface area contributed by atoms with Crippen LogP contribution in [-0.2, 0) is 16.1 Å². The molecule has 1 atom stereocenters. The molecule has 0 aliphatic rings. The summed E-state index contributed by atoms with van der Waals surface area (Å²) in [6.45, 7) is 0.469. The molecule has 170 valence electrons. The molecule has 4 N–H and O–H groups in total. The number of halogens is 1. The number of primary amides is 1. The first kappa shape index (κ1) is 23.4. The fraction of sp³-hybridized carbons (Fsp3) is 0.167. The topological polar surface area (TPSA) is 127 Å². The van der Waals surface area contributed by atoms with Gasteiger partial charge in [-0.2, -0.15) is 0 Å². The number of aromatic nitrogens is 2. The molecule has 3 rings (SSSR count). The Kier molecular flexibility index (Phi) is 7.69. The zero-order valence-electron chi connectivity index (χ0n) is 17.6. The smallest absolute Gasteiger partial charge is 0.326 e. The number of allylic oxidation sites excluding steroid dienone is 1. The molecule has 3 aromatic rings. The van der Waals surface area contributed by atoms with E-state index >= 15 is 0 Å². The molecule has 0 unspecified atom stereocenters. The van der Waals surface area contributed by atoms with Crippen molar-refractivity contribution in [2.45, 2.75) is 25.4 Å². The van der Waals surface area contributed by atoms with Gasteiger partial charge in [0.15, 0.2) is 0 Å². The van der Waals surface area contributed by atoms with Crippen molar-refractivity contribution in [2.24, 2.45) is 5.73 Å². The summed E-state index contributed by atoms with van der Waals surface area (Å²) in [5.41, 5.74) is 7.70. The van der Waals surface area contributed by atoms with E-state index in [-0.39, 0.29) is 24.2 Å². The SMILES string of the molecule is NC(=O)CC[C@H](NC(=O)c1cccc(C=C(Cn2ccnc2)c2ccc(F)cc2)c1)C(=O)O. The van der Waals surface area contributed by atoms with Crippen LogP contribution in [0.15, 0.2) is 67.3 Å². The molecule has 0 aliphatic heterocycles. The van der Waals surface area contributed by atoms with E-state index in [2.05, 4.69) is 10.3 Å². The fourth-order valence-corrected chi connectivity index (χ4v) is 3.22. The summed E-state index contributed by atoms with van der Waals surface area (Å²) in [6, 6.07) is 11.5. The number of benzene rings is 2. The second-order valence-electron chi connectivity index (χ2n) is 7.41. The number of carboxylic acid groups (broad SMARTS) is 1. The highest BCUT2D eigenvalue weighted by Crippen LogP contribution is 2.21. The van der Waals surface area contributed by atoms with Gasteiger partial charge in [-0.15, -0.1) is 0 Å². The number of imidazole rings is 1. The van der Waals surface area contributed by atoms with Crippen LogP contribution in [0, 0.1) is 5.82 Å². The van der Waals surface area contributed by atoms with Gasteiger partial charge >= 0.3 is 5.97 Å². The fourth-order valence-electron chi connectivity index (χ4n) is 3.22. The van der Waals surface area contributed by atoms with Crippen LogP contribution in [0.3, 0.4) is 0 Å². The summed E-state index contributed by atoms with van der Waals surface area (Å²) in [6.07, 6.45) is 6.74. The molecule has 2 amide bonds. The Balaban J connectivity index is 1.85. The lowest BCUT2D eigenvalue weighted by Crippen LogP contribution is -2.41. The number of carboxylic acids is 1. The Labute approximate surface area is 189 Å². The average molecular weight is 450 g/mol. The van der Waals surface area contributed by atoms with Gasteiger partial charge < -0.3 is 20.7 Å². The second kappa shape index (κ2) is 10.9. The van der Waals surface area contributed by atoms with Crippen LogP contribution in [0.4, 0.5) is 4.39 Å².